The van der Waals surface area contributed by atoms with Crippen molar-refractivity contribution >= 4 is 17.5 Å². The summed E-state index contributed by atoms with van der Waals surface area (Å²) in [5, 5.41) is 10.7. The van der Waals surface area contributed by atoms with Gasteiger partial charge < -0.3 is 10.4 Å². The van der Waals surface area contributed by atoms with Crippen LogP contribution in [0.3, 0.4) is 0 Å². The van der Waals surface area contributed by atoms with Crippen LogP contribution < -0.4 is 5.32 Å². The lowest BCUT2D eigenvalue weighted by atomic mass is 10.2. The minimum absolute atomic E-state index is 0.715. The van der Waals surface area contributed by atoms with Crippen LogP contribution in [0.15, 0.2) is 65.7 Å². The zero-order valence-electron chi connectivity index (χ0n) is 12.3. The maximum Gasteiger partial charge on any atom is 0.300 e. The highest BCUT2D eigenvalue weighted by atomic mass is 16.4. The number of hydrogen-bond donors (Lipinski definition) is 2. The summed E-state index contributed by atoms with van der Waals surface area (Å²) in [6, 6.07) is 20.3. The van der Waals surface area contributed by atoms with Crippen LogP contribution in [0.2, 0.25) is 0 Å². The SMILES string of the molecule is CC(=NCc1ccccc1)Nc1ccccc1.CC(=O)O. The number of aliphatic carboxylic acids is 1. The normalized spacial score (nSPS) is 10.3. The first-order valence-corrected chi connectivity index (χ1v) is 6.64. The summed E-state index contributed by atoms with van der Waals surface area (Å²) in [6.45, 7) is 3.78. The molecule has 0 spiro atoms. The summed E-state index contributed by atoms with van der Waals surface area (Å²) in [4.78, 5) is 13.5. The van der Waals surface area contributed by atoms with Crippen LogP contribution in [0.25, 0.3) is 0 Å². The van der Waals surface area contributed by atoms with Crippen molar-refractivity contribution in [3.63, 3.8) is 0 Å². The number of benzene rings is 2. The van der Waals surface area contributed by atoms with Gasteiger partial charge in [0.15, 0.2) is 0 Å². The van der Waals surface area contributed by atoms with Crippen LogP contribution in [0, 0.1) is 0 Å². The Bertz CT molecular complexity index is 562. The van der Waals surface area contributed by atoms with Crippen molar-refractivity contribution in [3.8, 4) is 0 Å². The van der Waals surface area contributed by atoms with Crippen molar-refractivity contribution in [2.24, 2.45) is 4.99 Å². The number of para-hydroxylation sites is 1. The molecule has 2 aromatic rings. The van der Waals surface area contributed by atoms with Gasteiger partial charge in [-0.1, -0.05) is 48.5 Å². The molecule has 4 nitrogen and oxygen atoms in total. The molecule has 0 aromatic heterocycles. The first-order chi connectivity index (χ1) is 10.1. The van der Waals surface area contributed by atoms with Gasteiger partial charge >= 0.3 is 0 Å². The van der Waals surface area contributed by atoms with Gasteiger partial charge in [-0.05, 0) is 24.6 Å². The van der Waals surface area contributed by atoms with E-state index in [0.29, 0.717) is 6.54 Å². The smallest absolute Gasteiger partial charge is 0.300 e. The molecular weight excluding hydrogens is 264 g/mol. The van der Waals surface area contributed by atoms with Gasteiger partial charge in [-0.2, -0.15) is 0 Å². The van der Waals surface area contributed by atoms with Crippen LogP contribution in [-0.4, -0.2) is 16.9 Å². The molecule has 0 fully saturated rings. The van der Waals surface area contributed by atoms with Crippen molar-refractivity contribution in [1.29, 1.82) is 0 Å². The molecule has 0 bridgehead atoms. The molecule has 0 amide bonds. The Morgan fingerprint density at radius 2 is 1.48 bits per heavy atom. The lowest BCUT2D eigenvalue weighted by molar-refractivity contribution is -0.134. The number of carboxylic acid groups (broad SMARTS) is 1. The van der Waals surface area contributed by atoms with E-state index >= 15 is 0 Å². The number of rotatable bonds is 3. The van der Waals surface area contributed by atoms with Crippen molar-refractivity contribution in [1.82, 2.24) is 0 Å². The number of anilines is 1. The molecule has 0 unspecified atom stereocenters. The first kappa shape index (κ1) is 16.4. The molecule has 110 valence electrons. The number of carboxylic acids is 1. The molecule has 0 saturated heterocycles. The second-order valence-electron chi connectivity index (χ2n) is 4.40. The highest BCUT2D eigenvalue weighted by Gasteiger charge is 1.93. The molecule has 2 N–H and O–H groups in total. The molecular formula is C17H20N2O2. The predicted molar refractivity (Wildman–Crippen MR) is 86.6 cm³/mol. The Morgan fingerprint density at radius 1 is 1.00 bits per heavy atom. The average Bonchev–Trinajstić information content (AvgIpc) is 2.47. The topological polar surface area (TPSA) is 61.7 Å². The summed E-state index contributed by atoms with van der Waals surface area (Å²) in [5.41, 5.74) is 2.29. The van der Waals surface area contributed by atoms with Gasteiger partial charge in [-0.15, -0.1) is 0 Å². The van der Waals surface area contributed by atoms with E-state index in [-0.39, 0.29) is 0 Å². The van der Waals surface area contributed by atoms with Gasteiger partial charge in [-0.25, -0.2) is 0 Å². The van der Waals surface area contributed by atoms with Gasteiger partial charge in [0, 0.05) is 12.6 Å². The number of nitrogens with one attached hydrogen (secondary N) is 1. The monoisotopic (exact) mass is 284 g/mol. The Labute approximate surface area is 125 Å². The van der Waals surface area contributed by atoms with Gasteiger partial charge in [0.25, 0.3) is 5.97 Å². The van der Waals surface area contributed by atoms with Crippen molar-refractivity contribution in [3.05, 3.63) is 66.2 Å². The fraction of sp³-hybridized carbons (Fsp3) is 0.176. The average molecular weight is 284 g/mol. The zero-order valence-corrected chi connectivity index (χ0v) is 12.3. The van der Waals surface area contributed by atoms with E-state index in [1.807, 2.05) is 55.5 Å². The number of carbonyl (C=O) groups is 1. The molecule has 4 heteroatoms. The van der Waals surface area contributed by atoms with Gasteiger partial charge in [-0.3, -0.25) is 9.79 Å². The third-order valence-corrected chi connectivity index (χ3v) is 2.44. The van der Waals surface area contributed by atoms with Gasteiger partial charge in [0.05, 0.1) is 12.4 Å². The summed E-state index contributed by atoms with van der Waals surface area (Å²) in [6.07, 6.45) is 0. The van der Waals surface area contributed by atoms with E-state index in [9.17, 15) is 0 Å². The van der Waals surface area contributed by atoms with Gasteiger partial charge in [0.2, 0.25) is 0 Å². The molecule has 0 saturated carbocycles. The maximum absolute atomic E-state index is 9.00. The highest BCUT2D eigenvalue weighted by Crippen LogP contribution is 2.06. The zero-order chi connectivity index (χ0) is 15.5. The van der Waals surface area contributed by atoms with E-state index in [0.717, 1.165) is 18.4 Å². The summed E-state index contributed by atoms with van der Waals surface area (Å²) < 4.78 is 0. The fourth-order valence-corrected chi connectivity index (χ4v) is 1.56. The fourth-order valence-electron chi connectivity index (χ4n) is 1.56. The summed E-state index contributed by atoms with van der Waals surface area (Å²) in [5.74, 6) is 0.0973. The Kier molecular flexibility index (Phi) is 7.29. The van der Waals surface area contributed by atoms with Crippen molar-refractivity contribution < 1.29 is 9.90 Å². The second kappa shape index (κ2) is 9.31. The minimum Gasteiger partial charge on any atom is -0.481 e. The third-order valence-electron chi connectivity index (χ3n) is 2.44. The summed E-state index contributed by atoms with van der Waals surface area (Å²) >= 11 is 0. The van der Waals surface area contributed by atoms with Crippen LogP contribution in [-0.2, 0) is 11.3 Å². The molecule has 0 aliphatic carbocycles. The largest absolute Gasteiger partial charge is 0.481 e. The van der Waals surface area contributed by atoms with E-state index < -0.39 is 5.97 Å². The van der Waals surface area contributed by atoms with E-state index in [1.54, 1.807) is 0 Å². The highest BCUT2D eigenvalue weighted by molar-refractivity contribution is 5.93. The second-order valence-corrected chi connectivity index (χ2v) is 4.40. The molecule has 0 aliphatic heterocycles. The molecule has 0 atom stereocenters. The Balaban J connectivity index is 0.000000491. The standard InChI is InChI=1S/C15H16N2.C2H4O2/c1-13(17-15-10-6-3-7-11-15)16-12-14-8-4-2-5-9-14;1-2(3)4/h2-11H,12H2,1H3,(H,16,17);1H3,(H,3,4). The quantitative estimate of drug-likeness (QED) is 0.665. The molecule has 2 aromatic carbocycles. The third kappa shape index (κ3) is 8.21. The number of aliphatic imine (C=N–C) groups is 1. The molecule has 0 radical (unpaired) electrons. The Hall–Kier alpha value is -2.62. The minimum atomic E-state index is -0.833. The van der Waals surface area contributed by atoms with Gasteiger partial charge in [0.1, 0.15) is 0 Å². The molecule has 0 heterocycles. The number of hydrogen-bond acceptors (Lipinski definition) is 2. The molecule has 21 heavy (non-hydrogen) atoms. The lowest BCUT2D eigenvalue weighted by Gasteiger charge is -2.05. The van der Waals surface area contributed by atoms with E-state index in [4.69, 9.17) is 9.90 Å². The van der Waals surface area contributed by atoms with Crippen molar-refractivity contribution in [2.45, 2.75) is 20.4 Å². The van der Waals surface area contributed by atoms with Crippen molar-refractivity contribution in [2.75, 3.05) is 5.32 Å². The summed E-state index contributed by atoms with van der Waals surface area (Å²) in [7, 11) is 0. The Morgan fingerprint density at radius 3 is 2.00 bits per heavy atom. The van der Waals surface area contributed by atoms with E-state index in [1.165, 1.54) is 5.56 Å². The lowest BCUT2D eigenvalue weighted by Crippen LogP contribution is -2.07. The number of nitrogens with zero attached hydrogens (tertiary/aromatic N) is 1. The van der Waals surface area contributed by atoms with E-state index in [2.05, 4.69) is 22.4 Å². The van der Waals surface area contributed by atoms with Crippen LogP contribution in [0.4, 0.5) is 5.69 Å². The molecule has 0 aliphatic rings. The molecule has 2 rings (SSSR count). The van der Waals surface area contributed by atoms with Crippen LogP contribution in [0.1, 0.15) is 19.4 Å². The maximum atomic E-state index is 9.00. The first-order valence-electron chi connectivity index (χ1n) is 6.64. The van der Waals surface area contributed by atoms with Crippen LogP contribution in [0.5, 0.6) is 0 Å². The predicted octanol–water partition coefficient (Wildman–Crippen LogP) is 3.81. The van der Waals surface area contributed by atoms with Crippen LogP contribution >= 0.6 is 0 Å². The number of amidine groups is 1.